The third-order valence-corrected chi connectivity index (χ3v) is 2.63. The molecule has 0 aromatic carbocycles. The summed E-state index contributed by atoms with van der Waals surface area (Å²) in [6, 6.07) is 4.49. The first-order valence-corrected chi connectivity index (χ1v) is 5.22. The van der Waals surface area contributed by atoms with Crippen LogP contribution in [-0.4, -0.2) is 18.8 Å². The average Bonchev–Trinajstić information content (AvgIpc) is 2.67. The summed E-state index contributed by atoms with van der Waals surface area (Å²) >= 11 is 0. The standard InChI is InChI=1S/C11H17NO2/c1-9-7-10(4-6-13-9)12-8-11-3-2-5-14-11/h2-3,5,9-10,12H,4,6-8H2,1H3. The van der Waals surface area contributed by atoms with E-state index in [1.165, 1.54) is 0 Å². The van der Waals surface area contributed by atoms with Crippen molar-refractivity contribution < 1.29 is 9.15 Å². The second-order valence-electron chi connectivity index (χ2n) is 3.86. The van der Waals surface area contributed by atoms with Crippen LogP contribution in [0.15, 0.2) is 22.8 Å². The molecule has 3 nitrogen and oxygen atoms in total. The molecule has 1 aromatic heterocycles. The second kappa shape index (κ2) is 4.62. The zero-order valence-corrected chi connectivity index (χ0v) is 8.53. The van der Waals surface area contributed by atoms with Gasteiger partial charge in [-0.2, -0.15) is 0 Å². The van der Waals surface area contributed by atoms with Gasteiger partial charge in [0.1, 0.15) is 5.76 Å². The summed E-state index contributed by atoms with van der Waals surface area (Å²) in [4.78, 5) is 0. The van der Waals surface area contributed by atoms with Crippen LogP contribution in [0.5, 0.6) is 0 Å². The summed E-state index contributed by atoms with van der Waals surface area (Å²) < 4.78 is 10.7. The predicted octanol–water partition coefficient (Wildman–Crippen LogP) is 1.94. The van der Waals surface area contributed by atoms with Gasteiger partial charge in [0.2, 0.25) is 0 Å². The molecule has 1 aliphatic rings. The van der Waals surface area contributed by atoms with Crippen molar-refractivity contribution in [3.05, 3.63) is 24.2 Å². The molecule has 0 saturated carbocycles. The molecule has 1 aliphatic heterocycles. The topological polar surface area (TPSA) is 34.4 Å². The first kappa shape index (κ1) is 9.74. The van der Waals surface area contributed by atoms with Crippen LogP contribution in [0.4, 0.5) is 0 Å². The Morgan fingerprint density at radius 3 is 3.21 bits per heavy atom. The van der Waals surface area contributed by atoms with Crippen LogP contribution in [0.3, 0.4) is 0 Å². The normalized spacial score (nSPS) is 27.8. The lowest BCUT2D eigenvalue weighted by atomic mass is 10.0. The van der Waals surface area contributed by atoms with Crippen molar-refractivity contribution in [2.75, 3.05) is 6.61 Å². The molecule has 1 saturated heterocycles. The van der Waals surface area contributed by atoms with Crippen LogP contribution in [0.25, 0.3) is 0 Å². The van der Waals surface area contributed by atoms with Crippen molar-refractivity contribution in [1.29, 1.82) is 0 Å². The minimum Gasteiger partial charge on any atom is -0.468 e. The summed E-state index contributed by atoms with van der Waals surface area (Å²) in [7, 11) is 0. The van der Waals surface area contributed by atoms with Crippen molar-refractivity contribution in [1.82, 2.24) is 5.32 Å². The van der Waals surface area contributed by atoms with Crippen LogP contribution < -0.4 is 5.32 Å². The van der Waals surface area contributed by atoms with Crippen LogP contribution in [0.2, 0.25) is 0 Å². The van der Waals surface area contributed by atoms with Gasteiger partial charge in [-0.25, -0.2) is 0 Å². The Labute approximate surface area is 84.4 Å². The Kier molecular flexibility index (Phi) is 3.22. The first-order valence-electron chi connectivity index (χ1n) is 5.22. The quantitative estimate of drug-likeness (QED) is 0.800. The lowest BCUT2D eigenvalue weighted by Crippen LogP contribution is -2.37. The smallest absolute Gasteiger partial charge is 0.117 e. The molecule has 0 amide bonds. The maximum Gasteiger partial charge on any atom is 0.117 e. The predicted molar refractivity (Wildman–Crippen MR) is 54.0 cm³/mol. The monoisotopic (exact) mass is 195 g/mol. The molecule has 1 N–H and O–H groups in total. The number of ether oxygens (including phenoxy) is 1. The molecule has 0 bridgehead atoms. The second-order valence-corrected chi connectivity index (χ2v) is 3.86. The van der Waals surface area contributed by atoms with Crippen molar-refractivity contribution in [3.63, 3.8) is 0 Å². The van der Waals surface area contributed by atoms with E-state index in [1.807, 2.05) is 12.1 Å². The Balaban J connectivity index is 1.75. The summed E-state index contributed by atoms with van der Waals surface area (Å²) in [5.41, 5.74) is 0. The summed E-state index contributed by atoms with van der Waals surface area (Å²) in [5, 5.41) is 3.48. The molecule has 78 valence electrons. The third-order valence-electron chi connectivity index (χ3n) is 2.63. The van der Waals surface area contributed by atoms with Gasteiger partial charge < -0.3 is 14.5 Å². The lowest BCUT2D eigenvalue weighted by molar-refractivity contribution is 0.0127. The van der Waals surface area contributed by atoms with Gasteiger partial charge in [-0.15, -0.1) is 0 Å². The van der Waals surface area contributed by atoms with E-state index in [0.29, 0.717) is 12.1 Å². The molecule has 0 aliphatic carbocycles. The Morgan fingerprint density at radius 2 is 2.50 bits per heavy atom. The van der Waals surface area contributed by atoms with Gasteiger partial charge in [-0.3, -0.25) is 0 Å². The van der Waals surface area contributed by atoms with Crippen molar-refractivity contribution >= 4 is 0 Å². The minimum absolute atomic E-state index is 0.387. The van der Waals surface area contributed by atoms with E-state index in [4.69, 9.17) is 9.15 Å². The fraction of sp³-hybridized carbons (Fsp3) is 0.636. The third kappa shape index (κ3) is 2.59. The van der Waals surface area contributed by atoms with E-state index >= 15 is 0 Å². The maximum absolute atomic E-state index is 5.48. The average molecular weight is 195 g/mol. The fourth-order valence-electron chi connectivity index (χ4n) is 1.84. The molecule has 2 rings (SSSR count). The molecular weight excluding hydrogens is 178 g/mol. The van der Waals surface area contributed by atoms with E-state index in [-0.39, 0.29) is 0 Å². The Bertz CT molecular complexity index is 258. The van der Waals surface area contributed by atoms with E-state index in [1.54, 1.807) is 6.26 Å². The van der Waals surface area contributed by atoms with Crippen molar-refractivity contribution in [3.8, 4) is 0 Å². The molecular formula is C11H17NO2. The molecule has 0 radical (unpaired) electrons. The first-order chi connectivity index (χ1) is 6.84. The van der Waals surface area contributed by atoms with Crippen LogP contribution in [-0.2, 0) is 11.3 Å². The Hall–Kier alpha value is -0.800. The molecule has 14 heavy (non-hydrogen) atoms. The van der Waals surface area contributed by atoms with E-state index in [9.17, 15) is 0 Å². The number of furan rings is 1. The maximum atomic E-state index is 5.48. The van der Waals surface area contributed by atoms with Gasteiger partial charge in [0.15, 0.2) is 0 Å². The highest BCUT2D eigenvalue weighted by molar-refractivity contribution is 4.97. The number of hydrogen-bond donors (Lipinski definition) is 1. The van der Waals surface area contributed by atoms with Gasteiger partial charge in [0, 0.05) is 12.6 Å². The number of rotatable bonds is 3. The summed E-state index contributed by atoms with van der Waals surface area (Å²) in [6.45, 7) is 3.82. The van der Waals surface area contributed by atoms with Gasteiger partial charge in [0.05, 0.1) is 18.9 Å². The molecule has 0 spiro atoms. The molecule has 1 fully saturated rings. The summed E-state index contributed by atoms with van der Waals surface area (Å²) in [5.74, 6) is 1.00. The molecule has 2 atom stereocenters. The summed E-state index contributed by atoms with van der Waals surface area (Å²) in [6.07, 6.45) is 4.30. The number of nitrogens with one attached hydrogen (secondary N) is 1. The van der Waals surface area contributed by atoms with Crippen LogP contribution in [0.1, 0.15) is 25.5 Å². The fourth-order valence-corrected chi connectivity index (χ4v) is 1.84. The highest BCUT2D eigenvalue weighted by Gasteiger charge is 2.18. The highest BCUT2D eigenvalue weighted by atomic mass is 16.5. The van der Waals surface area contributed by atoms with Crippen molar-refractivity contribution in [2.45, 2.75) is 38.5 Å². The Morgan fingerprint density at radius 1 is 1.57 bits per heavy atom. The zero-order chi connectivity index (χ0) is 9.80. The van der Waals surface area contributed by atoms with Crippen molar-refractivity contribution in [2.24, 2.45) is 0 Å². The van der Waals surface area contributed by atoms with Gasteiger partial charge in [-0.1, -0.05) is 0 Å². The largest absolute Gasteiger partial charge is 0.468 e. The SMILES string of the molecule is CC1CC(NCc2ccco2)CCO1. The number of hydrogen-bond acceptors (Lipinski definition) is 3. The molecule has 2 unspecified atom stereocenters. The lowest BCUT2D eigenvalue weighted by Gasteiger charge is -2.27. The van der Waals surface area contributed by atoms with Crippen LogP contribution >= 0.6 is 0 Å². The minimum atomic E-state index is 0.387. The van der Waals surface area contributed by atoms with E-state index in [2.05, 4.69) is 12.2 Å². The van der Waals surface area contributed by atoms with Gasteiger partial charge >= 0.3 is 0 Å². The van der Waals surface area contributed by atoms with Gasteiger partial charge in [-0.05, 0) is 31.9 Å². The molecule has 3 heteroatoms. The highest BCUT2D eigenvalue weighted by Crippen LogP contribution is 2.13. The molecule has 1 aromatic rings. The van der Waals surface area contributed by atoms with Crippen LogP contribution in [0, 0.1) is 0 Å². The van der Waals surface area contributed by atoms with E-state index in [0.717, 1.165) is 31.8 Å². The molecule has 2 heterocycles. The zero-order valence-electron chi connectivity index (χ0n) is 8.53. The van der Waals surface area contributed by atoms with Gasteiger partial charge in [0.25, 0.3) is 0 Å². The van der Waals surface area contributed by atoms with E-state index < -0.39 is 0 Å².